The summed E-state index contributed by atoms with van der Waals surface area (Å²) in [4.78, 5) is 26.1. The predicted octanol–water partition coefficient (Wildman–Crippen LogP) is 2.94. The topological polar surface area (TPSA) is 61.4 Å². The van der Waals surface area contributed by atoms with Gasteiger partial charge in [0.1, 0.15) is 0 Å². The van der Waals surface area contributed by atoms with E-state index in [-0.39, 0.29) is 30.7 Å². The number of nitrogens with one attached hydrogen (secondary N) is 2. The smallest absolute Gasteiger partial charge is 0.317 e. The number of urea groups is 1. The molecule has 0 aromatic heterocycles. The Morgan fingerprint density at radius 3 is 2.62 bits per heavy atom. The quantitative estimate of drug-likeness (QED) is 0.843. The Hall–Kier alpha value is -2.18. The van der Waals surface area contributed by atoms with Gasteiger partial charge in [-0.25, -0.2) is 13.6 Å². The summed E-state index contributed by atoms with van der Waals surface area (Å²) in [6, 6.07) is 8.54. The van der Waals surface area contributed by atoms with Gasteiger partial charge in [-0.2, -0.15) is 0 Å². The van der Waals surface area contributed by atoms with Gasteiger partial charge in [0.05, 0.1) is 12.5 Å². The minimum absolute atomic E-state index is 0.0591. The number of rotatable bonds is 5. The third-order valence-electron chi connectivity index (χ3n) is 5.36. The molecule has 3 rings (SSSR count). The van der Waals surface area contributed by atoms with Crippen LogP contribution < -0.4 is 10.6 Å². The van der Waals surface area contributed by atoms with Crippen molar-refractivity contribution in [1.29, 1.82) is 0 Å². The van der Waals surface area contributed by atoms with E-state index in [9.17, 15) is 18.4 Å². The number of alkyl halides is 2. The molecule has 1 heterocycles. The Balaban J connectivity index is 1.64. The molecule has 1 aromatic carbocycles. The zero-order chi connectivity index (χ0) is 18.7. The second-order valence-corrected chi connectivity index (χ2v) is 7.21. The molecule has 1 aromatic rings. The Labute approximate surface area is 152 Å². The Morgan fingerprint density at radius 1 is 1.31 bits per heavy atom. The predicted molar refractivity (Wildman–Crippen MR) is 93.7 cm³/mol. The van der Waals surface area contributed by atoms with Crippen LogP contribution in [0.15, 0.2) is 30.3 Å². The van der Waals surface area contributed by atoms with Gasteiger partial charge in [0.15, 0.2) is 0 Å². The molecule has 3 atom stereocenters. The average molecular weight is 365 g/mol. The summed E-state index contributed by atoms with van der Waals surface area (Å²) in [5.74, 6) is -3.46. The standard InChI is InChI=1S/C19H25F2N3O2/c1-22-17(25)10-16(13-6-3-2-4-7-13)23-18(26)24-9-5-8-14(12-24)15-11-19(15,20)21/h2-4,6-7,14-16H,5,8-12H2,1H3,(H,22,25)(H,23,26). The number of halogens is 2. The van der Waals surface area contributed by atoms with Crippen LogP contribution in [0.25, 0.3) is 0 Å². The number of nitrogens with zero attached hydrogens (tertiary/aromatic N) is 1. The van der Waals surface area contributed by atoms with Crippen molar-refractivity contribution in [2.45, 2.75) is 37.6 Å². The van der Waals surface area contributed by atoms with Gasteiger partial charge in [0.2, 0.25) is 5.91 Å². The van der Waals surface area contributed by atoms with E-state index < -0.39 is 17.9 Å². The number of carbonyl (C=O) groups is 2. The van der Waals surface area contributed by atoms with E-state index in [1.807, 2.05) is 30.3 Å². The molecule has 1 aliphatic heterocycles. The fourth-order valence-electron chi connectivity index (χ4n) is 3.73. The summed E-state index contributed by atoms with van der Waals surface area (Å²) in [5, 5.41) is 5.48. The van der Waals surface area contributed by atoms with Crippen LogP contribution in [0.3, 0.4) is 0 Å². The van der Waals surface area contributed by atoms with E-state index in [1.165, 1.54) is 0 Å². The van der Waals surface area contributed by atoms with Crippen molar-refractivity contribution in [1.82, 2.24) is 15.5 Å². The number of amides is 3. The van der Waals surface area contributed by atoms with Crippen LogP contribution in [0, 0.1) is 11.8 Å². The van der Waals surface area contributed by atoms with E-state index in [0.29, 0.717) is 13.1 Å². The lowest BCUT2D eigenvalue weighted by molar-refractivity contribution is -0.121. The molecule has 26 heavy (non-hydrogen) atoms. The Morgan fingerprint density at radius 2 is 2.00 bits per heavy atom. The maximum Gasteiger partial charge on any atom is 0.317 e. The van der Waals surface area contributed by atoms with Crippen LogP contribution in [0.4, 0.5) is 13.6 Å². The van der Waals surface area contributed by atoms with E-state index in [1.54, 1.807) is 11.9 Å². The summed E-state index contributed by atoms with van der Waals surface area (Å²) < 4.78 is 26.7. The molecule has 3 unspecified atom stereocenters. The SMILES string of the molecule is CNC(=O)CC(NC(=O)N1CCCC(C2CC2(F)F)C1)c1ccccc1. The molecule has 2 fully saturated rings. The number of benzene rings is 1. The second kappa shape index (κ2) is 7.60. The van der Waals surface area contributed by atoms with Crippen LogP contribution in [-0.4, -0.2) is 42.9 Å². The number of piperidine rings is 1. The minimum Gasteiger partial charge on any atom is -0.359 e. The largest absolute Gasteiger partial charge is 0.359 e. The molecular formula is C19H25F2N3O2. The van der Waals surface area contributed by atoms with Crippen molar-refractivity contribution < 1.29 is 18.4 Å². The molecule has 1 aliphatic carbocycles. The van der Waals surface area contributed by atoms with Crippen LogP contribution in [-0.2, 0) is 4.79 Å². The van der Waals surface area contributed by atoms with Crippen LogP contribution in [0.5, 0.6) is 0 Å². The van der Waals surface area contributed by atoms with Crippen LogP contribution in [0.2, 0.25) is 0 Å². The monoisotopic (exact) mass is 365 g/mol. The fourth-order valence-corrected chi connectivity index (χ4v) is 3.73. The third kappa shape index (κ3) is 4.31. The lowest BCUT2D eigenvalue weighted by Gasteiger charge is -2.34. The van der Waals surface area contributed by atoms with E-state index in [2.05, 4.69) is 10.6 Å². The molecule has 2 aliphatic rings. The molecular weight excluding hydrogens is 340 g/mol. The maximum absolute atomic E-state index is 13.4. The fraction of sp³-hybridized carbons (Fsp3) is 0.579. The highest BCUT2D eigenvalue weighted by molar-refractivity contribution is 5.79. The summed E-state index contributed by atoms with van der Waals surface area (Å²) in [6.45, 7) is 0.912. The first kappa shape index (κ1) is 18.6. The van der Waals surface area contributed by atoms with Crippen molar-refractivity contribution in [2.75, 3.05) is 20.1 Å². The van der Waals surface area contributed by atoms with Crippen molar-refractivity contribution in [3.05, 3.63) is 35.9 Å². The molecule has 2 N–H and O–H groups in total. The average Bonchev–Trinajstić information content (AvgIpc) is 3.30. The van der Waals surface area contributed by atoms with Crippen LogP contribution in [0.1, 0.15) is 37.3 Å². The molecule has 3 amide bonds. The van der Waals surface area contributed by atoms with Gasteiger partial charge in [-0.15, -0.1) is 0 Å². The lowest BCUT2D eigenvalue weighted by Crippen LogP contribution is -2.47. The van der Waals surface area contributed by atoms with Gasteiger partial charge in [0, 0.05) is 32.5 Å². The highest BCUT2D eigenvalue weighted by atomic mass is 19.3. The highest BCUT2D eigenvalue weighted by Gasteiger charge is 2.60. The van der Waals surface area contributed by atoms with Crippen molar-refractivity contribution in [3.63, 3.8) is 0 Å². The van der Waals surface area contributed by atoms with Gasteiger partial charge >= 0.3 is 6.03 Å². The number of hydrogen-bond donors (Lipinski definition) is 2. The molecule has 0 bridgehead atoms. The first-order valence-corrected chi connectivity index (χ1v) is 9.09. The highest BCUT2D eigenvalue weighted by Crippen LogP contribution is 2.54. The maximum atomic E-state index is 13.4. The molecule has 1 saturated heterocycles. The summed E-state index contributed by atoms with van der Waals surface area (Å²) in [6.07, 6.45) is 1.54. The van der Waals surface area contributed by atoms with E-state index >= 15 is 0 Å². The van der Waals surface area contributed by atoms with Crippen LogP contribution >= 0.6 is 0 Å². The van der Waals surface area contributed by atoms with Gasteiger partial charge in [-0.3, -0.25) is 4.79 Å². The van der Waals surface area contributed by atoms with Crippen molar-refractivity contribution in [3.8, 4) is 0 Å². The molecule has 1 saturated carbocycles. The number of likely N-dealkylation sites (tertiary alicyclic amines) is 1. The Bertz CT molecular complexity index is 653. The van der Waals surface area contributed by atoms with E-state index in [0.717, 1.165) is 18.4 Å². The summed E-state index contributed by atoms with van der Waals surface area (Å²) in [7, 11) is 1.55. The van der Waals surface area contributed by atoms with Gasteiger partial charge in [-0.05, 0) is 24.3 Å². The van der Waals surface area contributed by atoms with Gasteiger partial charge in [0.25, 0.3) is 5.92 Å². The zero-order valence-corrected chi connectivity index (χ0v) is 14.9. The minimum atomic E-state index is -2.56. The van der Waals surface area contributed by atoms with Crippen molar-refractivity contribution >= 4 is 11.9 Å². The van der Waals surface area contributed by atoms with E-state index in [4.69, 9.17) is 0 Å². The Kier molecular flexibility index (Phi) is 5.44. The molecule has 0 radical (unpaired) electrons. The summed E-state index contributed by atoms with van der Waals surface area (Å²) in [5.41, 5.74) is 0.840. The third-order valence-corrected chi connectivity index (χ3v) is 5.36. The molecule has 7 heteroatoms. The summed E-state index contributed by atoms with van der Waals surface area (Å²) >= 11 is 0. The first-order valence-electron chi connectivity index (χ1n) is 9.09. The van der Waals surface area contributed by atoms with Crippen molar-refractivity contribution in [2.24, 2.45) is 11.8 Å². The lowest BCUT2D eigenvalue weighted by atomic mass is 9.93. The normalized spacial score (nSPS) is 25.3. The second-order valence-electron chi connectivity index (χ2n) is 7.21. The van der Waals surface area contributed by atoms with Gasteiger partial charge < -0.3 is 15.5 Å². The molecule has 0 spiro atoms. The number of hydrogen-bond acceptors (Lipinski definition) is 2. The molecule has 142 valence electrons. The first-order chi connectivity index (χ1) is 12.4. The molecule has 5 nitrogen and oxygen atoms in total. The van der Waals surface area contributed by atoms with Gasteiger partial charge in [-0.1, -0.05) is 30.3 Å². The number of carbonyl (C=O) groups excluding carboxylic acids is 2. The zero-order valence-electron chi connectivity index (χ0n) is 14.9.